The Kier molecular flexibility index (Phi) is 7.65. The molecule has 0 spiro atoms. The molecule has 1 N–H and O–H groups in total. The van der Waals surface area contributed by atoms with E-state index in [0.717, 1.165) is 0 Å². The molecule has 0 radical (unpaired) electrons. The van der Waals surface area contributed by atoms with Gasteiger partial charge < -0.3 is 15.0 Å². The first-order valence-electron chi connectivity index (χ1n) is 9.28. The molecule has 0 fully saturated rings. The van der Waals surface area contributed by atoms with Gasteiger partial charge in [0, 0.05) is 31.1 Å². The molecular formula is C22H24N2O5. The summed E-state index contributed by atoms with van der Waals surface area (Å²) < 4.78 is 5.00. The molecule has 2 aromatic carbocycles. The second-order valence-electron chi connectivity index (χ2n) is 6.34. The Morgan fingerprint density at radius 1 is 0.966 bits per heavy atom. The summed E-state index contributed by atoms with van der Waals surface area (Å²) in [6.07, 6.45) is 0.0329. The number of hydrogen-bond donors (Lipinski definition) is 1. The molecule has 0 aliphatic carbocycles. The molecule has 0 aliphatic heterocycles. The van der Waals surface area contributed by atoms with Crippen LogP contribution in [0.2, 0.25) is 0 Å². The van der Waals surface area contributed by atoms with Crippen LogP contribution in [0, 0.1) is 0 Å². The van der Waals surface area contributed by atoms with Crippen molar-refractivity contribution in [1.29, 1.82) is 0 Å². The molecule has 0 saturated carbocycles. The maximum Gasteiger partial charge on any atom is 0.340 e. The number of carbonyl (C=O) groups excluding carboxylic acids is 4. The zero-order chi connectivity index (χ0) is 21.4. The van der Waals surface area contributed by atoms with Gasteiger partial charge in [-0.05, 0) is 50.2 Å². The van der Waals surface area contributed by atoms with Crippen molar-refractivity contribution in [3.8, 4) is 0 Å². The van der Waals surface area contributed by atoms with Crippen molar-refractivity contribution in [1.82, 2.24) is 0 Å². The molecule has 0 bridgehead atoms. The Balaban J connectivity index is 2.06. The number of esters is 1. The molecule has 29 heavy (non-hydrogen) atoms. The maximum atomic E-state index is 12.4. The summed E-state index contributed by atoms with van der Waals surface area (Å²) in [5, 5.41) is 2.70. The Morgan fingerprint density at radius 3 is 2.21 bits per heavy atom. The van der Waals surface area contributed by atoms with Crippen LogP contribution in [0.5, 0.6) is 0 Å². The van der Waals surface area contributed by atoms with Crippen LogP contribution in [0.15, 0.2) is 48.5 Å². The second-order valence-corrected chi connectivity index (χ2v) is 6.34. The first-order chi connectivity index (χ1) is 13.8. The summed E-state index contributed by atoms with van der Waals surface area (Å²) in [6.45, 7) is 4.97. The number of nitrogens with zero attached hydrogens (tertiary/aromatic N) is 1. The van der Waals surface area contributed by atoms with E-state index < -0.39 is 5.97 Å². The SMILES string of the molecule is CCOC(=O)c1ccccc1NC(=O)CCN(C(C)=O)c1ccc(C(C)=O)cc1. The molecule has 0 heterocycles. The highest BCUT2D eigenvalue weighted by Gasteiger charge is 2.17. The zero-order valence-electron chi connectivity index (χ0n) is 16.7. The molecular weight excluding hydrogens is 372 g/mol. The lowest BCUT2D eigenvalue weighted by Gasteiger charge is -2.21. The molecule has 2 amide bonds. The van der Waals surface area contributed by atoms with Gasteiger partial charge in [-0.1, -0.05) is 12.1 Å². The number of para-hydroxylation sites is 1. The number of benzene rings is 2. The van der Waals surface area contributed by atoms with Crippen molar-refractivity contribution in [2.75, 3.05) is 23.4 Å². The number of amides is 2. The number of hydrogen-bond acceptors (Lipinski definition) is 5. The average molecular weight is 396 g/mol. The predicted molar refractivity (Wildman–Crippen MR) is 110 cm³/mol. The minimum absolute atomic E-state index is 0.0329. The third kappa shape index (κ3) is 6.00. The number of ketones is 1. The number of Topliss-reactive ketones (excluding diaryl/α,β-unsaturated/α-hetero) is 1. The largest absolute Gasteiger partial charge is 0.462 e. The molecule has 7 heteroatoms. The number of anilines is 2. The second kappa shape index (κ2) is 10.2. The van der Waals surface area contributed by atoms with Crippen molar-refractivity contribution in [2.24, 2.45) is 0 Å². The summed E-state index contributed by atoms with van der Waals surface area (Å²) >= 11 is 0. The Morgan fingerprint density at radius 2 is 1.62 bits per heavy atom. The monoisotopic (exact) mass is 396 g/mol. The van der Waals surface area contributed by atoms with Crippen molar-refractivity contribution >= 4 is 34.9 Å². The molecule has 0 aliphatic rings. The molecule has 2 aromatic rings. The lowest BCUT2D eigenvalue weighted by atomic mass is 10.1. The van der Waals surface area contributed by atoms with E-state index in [2.05, 4.69) is 5.32 Å². The lowest BCUT2D eigenvalue weighted by molar-refractivity contribution is -0.117. The summed E-state index contributed by atoms with van der Waals surface area (Å²) in [7, 11) is 0. The van der Waals surface area contributed by atoms with Gasteiger partial charge in [0.2, 0.25) is 11.8 Å². The average Bonchev–Trinajstić information content (AvgIpc) is 2.68. The van der Waals surface area contributed by atoms with Gasteiger partial charge in [0.15, 0.2) is 5.78 Å². The van der Waals surface area contributed by atoms with Gasteiger partial charge in [-0.15, -0.1) is 0 Å². The van der Waals surface area contributed by atoms with E-state index in [4.69, 9.17) is 4.74 Å². The smallest absolute Gasteiger partial charge is 0.340 e. The highest BCUT2D eigenvalue weighted by Crippen LogP contribution is 2.19. The van der Waals surface area contributed by atoms with E-state index in [0.29, 0.717) is 16.9 Å². The van der Waals surface area contributed by atoms with Crippen molar-refractivity contribution in [3.05, 3.63) is 59.7 Å². The van der Waals surface area contributed by atoms with Crippen molar-refractivity contribution in [2.45, 2.75) is 27.2 Å². The van der Waals surface area contributed by atoms with Gasteiger partial charge in [0.25, 0.3) is 0 Å². The first-order valence-corrected chi connectivity index (χ1v) is 9.28. The highest BCUT2D eigenvalue weighted by atomic mass is 16.5. The number of nitrogens with one attached hydrogen (secondary N) is 1. The van der Waals surface area contributed by atoms with Crippen LogP contribution in [0.3, 0.4) is 0 Å². The quantitative estimate of drug-likeness (QED) is 0.545. The predicted octanol–water partition coefficient (Wildman–Crippen LogP) is 3.45. The van der Waals surface area contributed by atoms with Gasteiger partial charge in [-0.25, -0.2) is 4.79 Å². The van der Waals surface area contributed by atoms with Crippen LogP contribution in [-0.2, 0) is 14.3 Å². The Labute approximate surface area is 169 Å². The van der Waals surface area contributed by atoms with E-state index in [1.54, 1.807) is 55.5 Å². The van der Waals surface area contributed by atoms with Crippen LogP contribution >= 0.6 is 0 Å². The molecule has 0 saturated heterocycles. The number of ether oxygens (including phenoxy) is 1. The van der Waals surface area contributed by atoms with E-state index in [9.17, 15) is 19.2 Å². The lowest BCUT2D eigenvalue weighted by Crippen LogP contribution is -2.32. The topological polar surface area (TPSA) is 92.8 Å². The molecule has 0 unspecified atom stereocenters. The van der Waals surface area contributed by atoms with Crippen LogP contribution in [-0.4, -0.2) is 36.7 Å². The van der Waals surface area contributed by atoms with Gasteiger partial charge in [0.1, 0.15) is 0 Å². The van der Waals surface area contributed by atoms with Crippen LogP contribution in [0.4, 0.5) is 11.4 Å². The van der Waals surface area contributed by atoms with E-state index in [1.165, 1.54) is 18.7 Å². The fourth-order valence-electron chi connectivity index (χ4n) is 2.75. The fraction of sp³-hybridized carbons (Fsp3) is 0.273. The highest BCUT2D eigenvalue weighted by molar-refractivity contribution is 6.02. The van der Waals surface area contributed by atoms with Crippen LogP contribution in [0.1, 0.15) is 47.9 Å². The minimum atomic E-state index is -0.515. The van der Waals surface area contributed by atoms with Crippen molar-refractivity contribution in [3.63, 3.8) is 0 Å². The van der Waals surface area contributed by atoms with Crippen LogP contribution in [0.25, 0.3) is 0 Å². The van der Waals surface area contributed by atoms with Gasteiger partial charge in [-0.3, -0.25) is 14.4 Å². The first kappa shape index (κ1) is 21.8. The Hall–Kier alpha value is -3.48. The minimum Gasteiger partial charge on any atom is -0.462 e. The fourth-order valence-corrected chi connectivity index (χ4v) is 2.75. The van der Waals surface area contributed by atoms with E-state index in [-0.39, 0.29) is 42.7 Å². The normalized spacial score (nSPS) is 10.2. The molecule has 0 atom stereocenters. The van der Waals surface area contributed by atoms with Gasteiger partial charge in [0.05, 0.1) is 17.9 Å². The van der Waals surface area contributed by atoms with E-state index in [1.807, 2.05) is 0 Å². The Bertz CT molecular complexity index is 906. The third-order valence-electron chi connectivity index (χ3n) is 4.22. The summed E-state index contributed by atoms with van der Waals surface area (Å²) in [5.41, 5.74) is 1.77. The summed E-state index contributed by atoms with van der Waals surface area (Å²) in [6, 6.07) is 13.2. The maximum absolute atomic E-state index is 12.4. The summed E-state index contributed by atoms with van der Waals surface area (Å²) in [5.74, 6) is -1.14. The number of carbonyl (C=O) groups is 4. The molecule has 152 valence electrons. The molecule has 0 aromatic heterocycles. The molecule has 7 nitrogen and oxygen atoms in total. The number of rotatable bonds is 8. The van der Waals surface area contributed by atoms with Crippen LogP contribution < -0.4 is 10.2 Å². The van der Waals surface area contributed by atoms with Crippen molar-refractivity contribution < 1.29 is 23.9 Å². The summed E-state index contributed by atoms with van der Waals surface area (Å²) in [4.78, 5) is 49.3. The standard InChI is InChI=1S/C22H24N2O5/c1-4-29-22(28)19-7-5-6-8-20(19)23-21(27)13-14-24(16(3)26)18-11-9-17(10-12-18)15(2)25/h5-12H,4,13-14H2,1-3H3,(H,23,27). The van der Waals surface area contributed by atoms with Gasteiger partial charge >= 0.3 is 5.97 Å². The molecule has 2 rings (SSSR count). The zero-order valence-corrected chi connectivity index (χ0v) is 16.7. The van der Waals surface area contributed by atoms with E-state index >= 15 is 0 Å². The van der Waals surface area contributed by atoms with Gasteiger partial charge in [-0.2, -0.15) is 0 Å². The third-order valence-corrected chi connectivity index (χ3v) is 4.22.